The number of carbonyl (C=O) groups is 2. The molecule has 1 aromatic carbocycles. The molecule has 0 spiro atoms. The summed E-state index contributed by atoms with van der Waals surface area (Å²) < 4.78 is 0. The summed E-state index contributed by atoms with van der Waals surface area (Å²) in [5.74, 6) is -1.04. The number of benzene rings is 1. The molecule has 20 heavy (non-hydrogen) atoms. The number of nitrogens with one attached hydrogen (secondary N) is 2. The standard InChI is InChI=1S/C14H19ClN2O3/c1-3-4-5-11(13(18)19)16-14(20)17-12-8-9(2)6-7-10(12)15/h6-8,11H,3-5H2,1-2H3,(H,18,19)(H2,16,17,20). The smallest absolute Gasteiger partial charge is 0.326 e. The molecule has 0 saturated heterocycles. The third-order valence-corrected chi connectivity index (χ3v) is 3.15. The molecule has 1 atom stereocenters. The van der Waals surface area contributed by atoms with Gasteiger partial charge in [-0.1, -0.05) is 37.4 Å². The zero-order chi connectivity index (χ0) is 15.1. The van der Waals surface area contributed by atoms with Gasteiger partial charge in [0.15, 0.2) is 0 Å². The van der Waals surface area contributed by atoms with E-state index in [0.717, 1.165) is 18.4 Å². The fourth-order valence-electron chi connectivity index (χ4n) is 1.72. The zero-order valence-electron chi connectivity index (χ0n) is 11.6. The first-order valence-corrected chi connectivity index (χ1v) is 6.88. The van der Waals surface area contributed by atoms with Crippen molar-refractivity contribution in [2.75, 3.05) is 5.32 Å². The van der Waals surface area contributed by atoms with Gasteiger partial charge in [-0.05, 0) is 31.0 Å². The Morgan fingerprint density at radius 2 is 2.10 bits per heavy atom. The SMILES string of the molecule is CCCCC(NC(=O)Nc1cc(C)ccc1Cl)C(=O)O. The number of urea groups is 1. The summed E-state index contributed by atoms with van der Waals surface area (Å²) in [5.41, 5.74) is 1.41. The van der Waals surface area contributed by atoms with Gasteiger partial charge in [-0.3, -0.25) is 0 Å². The molecule has 0 aromatic heterocycles. The van der Waals surface area contributed by atoms with Crippen LogP contribution in [0, 0.1) is 6.92 Å². The number of carbonyl (C=O) groups excluding carboxylic acids is 1. The maximum atomic E-state index is 11.8. The third kappa shape index (κ3) is 5.09. The largest absolute Gasteiger partial charge is 0.480 e. The molecule has 0 saturated carbocycles. The van der Waals surface area contributed by atoms with E-state index in [1.54, 1.807) is 12.1 Å². The van der Waals surface area contributed by atoms with Crippen LogP contribution in [0.25, 0.3) is 0 Å². The molecule has 2 amide bonds. The average molecular weight is 299 g/mol. The van der Waals surface area contributed by atoms with Crippen molar-refractivity contribution in [3.63, 3.8) is 0 Å². The van der Waals surface area contributed by atoms with Crippen molar-refractivity contribution < 1.29 is 14.7 Å². The molecule has 1 unspecified atom stereocenters. The van der Waals surface area contributed by atoms with Crippen LogP contribution in [0.15, 0.2) is 18.2 Å². The van der Waals surface area contributed by atoms with E-state index >= 15 is 0 Å². The van der Waals surface area contributed by atoms with Crippen molar-refractivity contribution in [2.24, 2.45) is 0 Å². The summed E-state index contributed by atoms with van der Waals surface area (Å²) in [4.78, 5) is 22.9. The van der Waals surface area contributed by atoms with Gasteiger partial charge >= 0.3 is 12.0 Å². The van der Waals surface area contributed by atoms with Crippen LogP contribution in [0.2, 0.25) is 5.02 Å². The van der Waals surface area contributed by atoms with Crippen molar-refractivity contribution in [1.29, 1.82) is 0 Å². The lowest BCUT2D eigenvalue weighted by Crippen LogP contribution is -2.43. The first kappa shape index (κ1) is 16.3. The summed E-state index contributed by atoms with van der Waals surface area (Å²) >= 11 is 5.96. The van der Waals surface area contributed by atoms with Gasteiger partial charge < -0.3 is 15.7 Å². The van der Waals surface area contributed by atoms with Crippen LogP contribution < -0.4 is 10.6 Å². The molecule has 0 bridgehead atoms. The summed E-state index contributed by atoms with van der Waals surface area (Å²) in [6.07, 6.45) is 2.01. The Morgan fingerprint density at radius 3 is 2.70 bits per heavy atom. The van der Waals surface area contributed by atoms with Crippen molar-refractivity contribution in [1.82, 2.24) is 5.32 Å². The van der Waals surface area contributed by atoms with Gasteiger partial charge in [0.2, 0.25) is 0 Å². The number of aryl methyl sites for hydroxylation is 1. The van der Waals surface area contributed by atoms with Gasteiger partial charge in [0.25, 0.3) is 0 Å². The number of carboxylic acids is 1. The second kappa shape index (κ2) is 7.75. The Bertz CT molecular complexity index is 491. The lowest BCUT2D eigenvalue weighted by molar-refractivity contribution is -0.139. The molecule has 3 N–H and O–H groups in total. The first-order chi connectivity index (χ1) is 9.43. The lowest BCUT2D eigenvalue weighted by atomic mass is 10.1. The molecule has 0 radical (unpaired) electrons. The highest BCUT2D eigenvalue weighted by Gasteiger charge is 2.19. The monoisotopic (exact) mass is 298 g/mol. The summed E-state index contributed by atoms with van der Waals surface area (Å²) in [6, 6.07) is 3.77. The van der Waals surface area contributed by atoms with Crippen LogP contribution >= 0.6 is 11.6 Å². The molecule has 0 aliphatic heterocycles. The molecule has 1 aromatic rings. The maximum Gasteiger partial charge on any atom is 0.326 e. The molecule has 1 rings (SSSR count). The predicted octanol–water partition coefficient (Wildman–Crippen LogP) is 3.41. The molecule has 0 aliphatic rings. The number of hydrogen-bond donors (Lipinski definition) is 3. The maximum absolute atomic E-state index is 11.8. The molecule has 6 heteroatoms. The molecule has 5 nitrogen and oxygen atoms in total. The highest BCUT2D eigenvalue weighted by Crippen LogP contribution is 2.22. The van der Waals surface area contributed by atoms with Gasteiger partial charge in [-0.15, -0.1) is 0 Å². The number of unbranched alkanes of at least 4 members (excludes halogenated alkanes) is 1. The molecular weight excluding hydrogens is 280 g/mol. The molecular formula is C14H19ClN2O3. The van der Waals surface area contributed by atoms with Crippen molar-refractivity contribution in [3.8, 4) is 0 Å². The molecule has 0 aliphatic carbocycles. The Balaban J connectivity index is 2.65. The van der Waals surface area contributed by atoms with E-state index in [2.05, 4.69) is 10.6 Å². The zero-order valence-corrected chi connectivity index (χ0v) is 12.3. The first-order valence-electron chi connectivity index (χ1n) is 6.50. The number of aliphatic carboxylic acids is 1. The molecule has 0 heterocycles. The molecule has 0 fully saturated rings. The Kier molecular flexibility index (Phi) is 6.31. The number of rotatable bonds is 6. The normalized spacial score (nSPS) is 11.8. The Morgan fingerprint density at radius 1 is 1.40 bits per heavy atom. The Hall–Kier alpha value is -1.75. The topological polar surface area (TPSA) is 78.4 Å². The van der Waals surface area contributed by atoms with Gasteiger partial charge in [-0.25, -0.2) is 9.59 Å². The van der Waals surface area contributed by atoms with E-state index in [0.29, 0.717) is 17.1 Å². The van der Waals surface area contributed by atoms with Crippen LogP contribution in [0.1, 0.15) is 31.7 Å². The second-order valence-electron chi connectivity index (χ2n) is 4.61. The van der Waals surface area contributed by atoms with Crippen molar-refractivity contribution in [3.05, 3.63) is 28.8 Å². The van der Waals surface area contributed by atoms with Gasteiger partial charge in [0, 0.05) is 0 Å². The van der Waals surface area contributed by atoms with Crippen molar-refractivity contribution in [2.45, 2.75) is 39.2 Å². The third-order valence-electron chi connectivity index (χ3n) is 2.82. The number of hydrogen-bond acceptors (Lipinski definition) is 2. The van der Waals surface area contributed by atoms with E-state index in [9.17, 15) is 9.59 Å². The van der Waals surface area contributed by atoms with E-state index in [4.69, 9.17) is 16.7 Å². The lowest BCUT2D eigenvalue weighted by Gasteiger charge is -2.15. The quantitative estimate of drug-likeness (QED) is 0.753. The minimum Gasteiger partial charge on any atom is -0.480 e. The number of amides is 2. The number of carboxylic acid groups (broad SMARTS) is 1. The minimum absolute atomic E-state index is 0.404. The van der Waals surface area contributed by atoms with Crippen LogP contribution in [-0.2, 0) is 4.79 Å². The fourth-order valence-corrected chi connectivity index (χ4v) is 1.88. The summed E-state index contributed by atoms with van der Waals surface area (Å²) in [7, 11) is 0. The minimum atomic E-state index is -1.04. The number of halogens is 1. The van der Waals surface area contributed by atoms with Gasteiger partial charge in [-0.2, -0.15) is 0 Å². The van der Waals surface area contributed by atoms with E-state index in [1.165, 1.54) is 0 Å². The van der Waals surface area contributed by atoms with Gasteiger partial charge in [0.05, 0.1) is 10.7 Å². The number of anilines is 1. The van der Waals surface area contributed by atoms with Crippen LogP contribution in [0.5, 0.6) is 0 Å². The van der Waals surface area contributed by atoms with Crippen LogP contribution in [0.4, 0.5) is 10.5 Å². The van der Waals surface area contributed by atoms with E-state index < -0.39 is 18.0 Å². The predicted molar refractivity (Wildman–Crippen MR) is 79.3 cm³/mol. The average Bonchev–Trinajstić information content (AvgIpc) is 2.38. The van der Waals surface area contributed by atoms with Crippen molar-refractivity contribution >= 4 is 29.3 Å². The molecule has 110 valence electrons. The van der Waals surface area contributed by atoms with E-state index in [-0.39, 0.29) is 0 Å². The highest BCUT2D eigenvalue weighted by molar-refractivity contribution is 6.33. The second-order valence-corrected chi connectivity index (χ2v) is 5.02. The summed E-state index contributed by atoms with van der Waals surface area (Å²) in [6.45, 7) is 3.84. The van der Waals surface area contributed by atoms with Crippen LogP contribution in [0.3, 0.4) is 0 Å². The summed E-state index contributed by atoms with van der Waals surface area (Å²) in [5, 5.41) is 14.5. The Labute approximate surface area is 123 Å². The fraction of sp³-hybridized carbons (Fsp3) is 0.429. The van der Waals surface area contributed by atoms with E-state index in [1.807, 2.05) is 19.9 Å². The van der Waals surface area contributed by atoms with Crippen LogP contribution in [-0.4, -0.2) is 23.1 Å². The van der Waals surface area contributed by atoms with Gasteiger partial charge in [0.1, 0.15) is 6.04 Å². The highest BCUT2D eigenvalue weighted by atomic mass is 35.5.